The zero-order valence-electron chi connectivity index (χ0n) is 20.5. The molecule has 0 saturated carbocycles. The molecular weight excluding hydrogens is 483 g/mol. The van der Waals surface area contributed by atoms with E-state index < -0.39 is 12.6 Å². The average Bonchev–Trinajstić information content (AvgIpc) is 3.05. The number of aromatic nitrogens is 1. The van der Waals surface area contributed by atoms with Gasteiger partial charge in [0.2, 0.25) is 0 Å². The Kier molecular flexibility index (Phi) is 8.64. The summed E-state index contributed by atoms with van der Waals surface area (Å²) in [6.45, 7) is 4.19. The number of rotatable bonds is 9. The van der Waals surface area contributed by atoms with Crippen molar-refractivity contribution in [2.45, 2.75) is 45.3 Å². The zero-order valence-corrected chi connectivity index (χ0v) is 20.5. The Morgan fingerprint density at radius 3 is 2.59 bits per heavy atom. The number of pyridine rings is 1. The number of unbranched alkanes of at least 4 members (excludes halogenated alkanes) is 2. The van der Waals surface area contributed by atoms with Gasteiger partial charge >= 0.3 is 6.36 Å². The molecule has 6 nitrogen and oxygen atoms in total. The number of ether oxygens (including phenoxy) is 3. The molecule has 9 heteroatoms. The maximum atomic E-state index is 12.5. The van der Waals surface area contributed by atoms with Gasteiger partial charge in [0.05, 0.1) is 5.69 Å². The van der Waals surface area contributed by atoms with Gasteiger partial charge in [0.25, 0.3) is 0 Å². The van der Waals surface area contributed by atoms with E-state index in [9.17, 15) is 18.4 Å². The predicted molar refractivity (Wildman–Crippen MR) is 132 cm³/mol. The molecule has 0 radical (unpaired) electrons. The Hall–Kier alpha value is -3.61. The average molecular weight is 512 g/mol. The number of halogens is 3. The summed E-state index contributed by atoms with van der Waals surface area (Å²) in [5, 5.41) is 9.24. The predicted octanol–water partition coefficient (Wildman–Crippen LogP) is 6.62. The molecule has 1 aliphatic rings. The standard InChI is InChI=1S/C28H28F3N3O3/c1-2-3-4-15-36-27-25-17-21(20-8-11-24(12-9-20)37-28(29,30)31)10-13-26(25)35-16-14-34(27)19-23-7-5-6-22(18-32)33-23/h5-13,17,27H,2-4,14-16,19H2,1H3. The molecule has 1 unspecified atom stereocenters. The van der Waals surface area contributed by atoms with Gasteiger partial charge in [-0.05, 0) is 53.9 Å². The minimum absolute atomic E-state index is 0.273. The number of fused-ring (bicyclic) bond motifs is 1. The van der Waals surface area contributed by atoms with Crippen molar-refractivity contribution < 1.29 is 27.4 Å². The lowest BCUT2D eigenvalue weighted by Crippen LogP contribution is -2.32. The smallest absolute Gasteiger partial charge is 0.492 e. The Balaban J connectivity index is 1.64. The molecule has 0 amide bonds. The van der Waals surface area contributed by atoms with Gasteiger partial charge in [0.1, 0.15) is 36.1 Å². The lowest BCUT2D eigenvalue weighted by atomic mass is 10.0. The second-order valence-corrected chi connectivity index (χ2v) is 8.70. The van der Waals surface area contributed by atoms with Gasteiger partial charge in [-0.1, -0.05) is 44.0 Å². The van der Waals surface area contributed by atoms with E-state index in [1.54, 1.807) is 18.2 Å². The molecule has 0 aliphatic carbocycles. The molecule has 37 heavy (non-hydrogen) atoms. The largest absolute Gasteiger partial charge is 0.573 e. The molecule has 0 spiro atoms. The van der Waals surface area contributed by atoms with Crippen LogP contribution in [-0.4, -0.2) is 36.0 Å². The topological polar surface area (TPSA) is 67.6 Å². The first kappa shape index (κ1) is 26.5. The van der Waals surface area contributed by atoms with E-state index in [1.165, 1.54) is 12.1 Å². The van der Waals surface area contributed by atoms with Crippen molar-refractivity contribution in [1.29, 1.82) is 5.26 Å². The molecular formula is C28H28F3N3O3. The maximum absolute atomic E-state index is 12.5. The number of hydrogen-bond acceptors (Lipinski definition) is 6. The molecule has 2 aromatic carbocycles. The Morgan fingerprint density at radius 1 is 1.08 bits per heavy atom. The second kappa shape index (κ2) is 12.1. The number of benzene rings is 2. The SMILES string of the molecule is CCCCCOC1c2cc(-c3ccc(OC(F)(F)F)cc3)ccc2OCCN1Cc1cccc(C#N)n1. The summed E-state index contributed by atoms with van der Waals surface area (Å²) in [6.07, 6.45) is -2.13. The van der Waals surface area contributed by atoms with Crippen molar-refractivity contribution in [3.8, 4) is 28.7 Å². The van der Waals surface area contributed by atoms with Gasteiger partial charge in [-0.15, -0.1) is 13.2 Å². The summed E-state index contributed by atoms with van der Waals surface area (Å²) in [5.41, 5.74) is 3.49. The van der Waals surface area contributed by atoms with Crippen molar-refractivity contribution in [3.05, 3.63) is 77.6 Å². The van der Waals surface area contributed by atoms with Crippen LogP contribution in [-0.2, 0) is 11.3 Å². The molecule has 1 atom stereocenters. The van der Waals surface area contributed by atoms with Gasteiger partial charge in [0, 0.05) is 25.3 Å². The quantitative estimate of drug-likeness (QED) is 0.301. The number of hydrogen-bond donors (Lipinski definition) is 0. The monoisotopic (exact) mass is 511 g/mol. The van der Waals surface area contributed by atoms with Gasteiger partial charge in [-0.25, -0.2) is 4.98 Å². The van der Waals surface area contributed by atoms with E-state index in [0.29, 0.717) is 37.7 Å². The van der Waals surface area contributed by atoms with E-state index in [2.05, 4.69) is 27.6 Å². The summed E-state index contributed by atoms with van der Waals surface area (Å²) in [6, 6.07) is 18.9. The molecule has 194 valence electrons. The van der Waals surface area contributed by atoms with Crippen LogP contribution < -0.4 is 9.47 Å². The van der Waals surface area contributed by atoms with E-state index >= 15 is 0 Å². The first-order chi connectivity index (χ1) is 17.9. The molecule has 0 N–H and O–H groups in total. The Morgan fingerprint density at radius 2 is 1.86 bits per heavy atom. The van der Waals surface area contributed by atoms with Crippen LogP contribution in [0.25, 0.3) is 11.1 Å². The third-order valence-electron chi connectivity index (χ3n) is 5.97. The van der Waals surface area contributed by atoms with E-state index in [4.69, 9.17) is 9.47 Å². The third-order valence-corrected chi connectivity index (χ3v) is 5.97. The molecule has 4 rings (SSSR count). The van der Waals surface area contributed by atoms with Crippen molar-refractivity contribution in [2.75, 3.05) is 19.8 Å². The molecule has 0 saturated heterocycles. The van der Waals surface area contributed by atoms with Crippen LogP contribution in [0, 0.1) is 11.3 Å². The van der Waals surface area contributed by atoms with Gasteiger partial charge in [0.15, 0.2) is 0 Å². The number of nitriles is 1. The van der Waals surface area contributed by atoms with Crippen LogP contribution in [0.3, 0.4) is 0 Å². The van der Waals surface area contributed by atoms with Crippen molar-refractivity contribution in [1.82, 2.24) is 9.88 Å². The van der Waals surface area contributed by atoms with Crippen LogP contribution >= 0.6 is 0 Å². The first-order valence-corrected chi connectivity index (χ1v) is 12.2. The Labute approximate surface area is 214 Å². The van der Waals surface area contributed by atoms with E-state index in [-0.39, 0.29) is 5.75 Å². The van der Waals surface area contributed by atoms with Crippen LogP contribution in [0.2, 0.25) is 0 Å². The van der Waals surface area contributed by atoms with Crippen molar-refractivity contribution >= 4 is 0 Å². The minimum atomic E-state index is -4.74. The highest BCUT2D eigenvalue weighted by atomic mass is 19.4. The van der Waals surface area contributed by atoms with Crippen LogP contribution in [0.4, 0.5) is 13.2 Å². The first-order valence-electron chi connectivity index (χ1n) is 12.2. The molecule has 3 aromatic rings. The van der Waals surface area contributed by atoms with Gasteiger partial charge in [-0.3, -0.25) is 4.90 Å². The van der Waals surface area contributed by atoms with Crippen LogP contribution in [0.5, 0.6) is 11.5 Å². The minimum Gasteiger partial charge on any atom is -0.492 e. The summed E-state index contributed by atoms with van der Waals surface area (Å²) in [4.78, 5) is 6.55. The van der Waals surface area contributed by atoms with Gasteiger partial charge < -0.3 is 14.2 Å². The number of nitrogens with zero attached hydrogens (tertiary/aromatic N) is 3. The molecule has 1 aromatic heterocycles. The van der Waals surface area contributed by atoms with E-state index in [0.717, 1.165) is 41.6 Å². The van der Waals surface area contributed by atoms with Crippen molar-refractivity contribution in [2.24, 2.45) is 0 Å². The van der Waals surface area contributed by atoms with Crippen molar-refractivity contribution in [3.63, 3.8) is 0 Å². The van der Waals surface area contributed by atoms with E-state index in [1.807, 2.05) is 30.3 Å². The Bertz CT molecular complexity index is 1230. The highest BCUT2D eigenvalue weighted by Crippen LogP contribution is 2.37. The molecule has 0 bridgehead atoms. The summed E-state index contributed by atoms with van der Waals surface area (Å²) >= 11 is 0. The summed E-state index contributed by atoms with van der Waals surface area (Å²) in [7, 11) is 0. The number of alkyl halides is 3. The lowest BCUT2D eigenvalue weighted by molar-refractivity contribution is -0.274. The fourth-order valence-electron chi connectivity index (χ4n) is 4.23. The fraction of sp³-hybridized carbons (Fsp3) is 0.357. The molecule has 1 aliphatic heterocycles. The summed E-state index contributed by atoms with van der Waals surface area (Å²) < 4.78 is 54.1. The molecule has 0 fully saturated rings. The second-order valence-electron chi connectivity index (χ2n) is 8.70. The highest BCUT2D eigenvalue weighted by Gasteiger charge is 2.31. The maximum Gasteiger partial charge on any atom is 0.573 e. The van der Waals surface area contributed by atoms with Gasteiger partial charge in [-0.2, -0.15) is 5.26 Å². The third kappa shape index (κ3) is 7.21. The summed E-state index contributed by atoms with van der Waals surface area (Å²) in [5.74, 6) is 0.423. The fourth-order valence-corrected chi connectivity index (χ4v) is 4.23. The highest BCUT2D eigenvalue weighted by molar-refractivity contribution is 5.66. The zero-order chi connectivity index (χ0) is 26.3. The van der Waals surface area contributed by atoms with Crippen LogP contribution in [0.15, 0.2) is 60.7 Å². The van der Waals surface area contributed by atoms with Crippen LogP contribution in [0.1, 0.15) is 49.4 Å². The normalized spacial score (nSPS) is 15.8. The lowest BCUT2D eigenvalue weighted by Gasteiger charge is -2.30. The molecule has 2 heterocycles.